The summed E-state index contributed by atoms with van der Waals surface area (Å²) in [5.74, 6) is 0.0483. The van der Waals surface area contributed by atoms with E-state index in [9.17, 15) is 14.7 Å². The Hall–Kier alpha value is -1.52. The van der Waals surface area contributed by atoms with Crippen LogP contribution in [0.3, 0.4) is 0 Å². The summed E-state index contributed by atoms with van der Waals surface area (Å²) in [6, 6.07) is 0. The second-order valence-corrected chi connectivity index (χ2v) is 7.90. The zero-order valence-corrected chi connectivity index (χ0v) is 14.7. The fourth-order valence-corrected chi connectivity index (χ4v) is 4.72. The number of hydrogen-bond donors (Lipinski definition) is 1. The van der Waals surface area contributed by atoms with Gasteiger partial charge in [-0.3, -0.25) is 0 Å². The van der Waals surface area contributed by atoms with Crippen LogP contribution in [0, 0.1) is 16.7 Å². The Balaban J connectivity index is 2.24. The molecule has 0 aromatic rings. The number of ether oxygens (including phenoxy) is 1. The highest BCUT2D eigenvalue weighted by Crippen LogP contribution is 2.59. The Morgan fingerprint density at radius 3 is 2.39 bits per heavy atom. The fraction of sp³-hybridized carbons (Fsp3) is 0.778. The van der Waals surface area contributed by atoms with Crippen molar-refractivity contribution in [1.82, 2.24) is 4.90 Å². The molecule has 130 valence electrons. The number of esters is 1. The average Bonchev–Trinajstić information content (AvgIpc) is 2.77. The zero-order valence-electron chi connectivity index (χ0n) is 14.7. The summed E-state index contributed by atoms with van der Waals surface area (Å²) in [6.45, 7) is 10.0. The van der Waals surface area contributed by atoms with Crippen LogP contribution in [-0.2, 0) is 9.53 Å². The van der Waals surface area contributed by atoms with Crippen LogP contribution in [0.15, 0.2) is 11.6 Å². The van der Waals surface area contributed by atoms with Crippen LogP contribution >= 0.6 is 0 Å². The first kappa shape index (κ1) is 17.8. The summed E-state index contributed by atoms with van der Waals surface area (Å²) in [5, 5.41) is 9.18. The van der Waals surface area contributed by atoms with Gasteiger partial charge in [0.1, 0.15) is 0 Å². The van der Waals surface area contributed by atoms with Gasteiger partial charge in [-0.15, -0.1) is 0 Å². The summed E-state index contributed by atoms with van der Waals surface area (Å²) in [5.41, 5.74) is 1.34. The lowest BCUT2D eigenvalue weighted by molar-refractivity contribution is -0.137. The van der Waals surface area contributed by atoms with E-state index in [1.165, 1.54) is 10.5 Å². The average molecular weight is 323 g/mol. The van der Waals surface area contributed by atoms with Crippen molar-refractivity contribution in [2.24, 2.45) is 16.7 Å². The maximum absolute atomic E-state index is 11.9. The molecule has 2 rings (SSSR count). The van der Waals surface area contributed by atoms with Crippen molar-refractivity contribution in [2.45, 2.75) is 53.4 Å². The normalized spacial score (nSPS) is 25.8. The number of piperidine rings is 1. The van der Waals surface area contributed by atoms with Gasteiger partial charge in [0, 0.05) is 19.2 Å². The van der Waals surface area contributed by atoms with Crippen LogP contribution in [0.4, 0.5) is 4.79 Å². The standard InChI is InChI=1S/C18H29NO4/c1-5-23-14(20)12-13-6-7-18(15(13)17(2,3)4)8-10-19(11-9-18)16(21)22/h12,15H,5-11H2,1-4H3,(H,21,22)/b13-12+. The van der Waals surface area contributed by atoms with Crippen molar-refractivity contribution in [3.05, 3.63) is 11.6 Å². The van der Waals surface area contributed by atoms with E-state index in [4.69, 9.17) is 4.74 Å². The first-order valence-corrected chi connectivity index (χ1v) is 8.55. The van der Waals surface area contributed by atoms with E-state index < -0.39 is 6.09 Å². The molecule has 1 saturated carbocycles. The minimum atomic E-state index is -0.826. The van der Waals surface area contributed by atoms with Gasteiger partial charge >= 0.3 is 12.1 Å². The van der Waals surface area contributed by atoms with E-state index in [-0.39, 0.29) is 16.8 Å². The van der Waals surface area contributed by atoms with Gasteiger partial charge in [0.05, 0.1) is 6.61 Å². The third-order valence-electron chi connectivity index (χ3n) is 5.38. The minimum absolute atomic E-state index is 0.0419. The number of nitrogens with zero attached hydrogens (tertiary/aromatic N) is 1. The van der Waals surface area contributed by atoms with E-state index in [0.29, 0.717) is 25.6 Å². The third-order valence-corrected chi connectivity index (χ3v) is 5.38. The van der Waals surface area contributed by atoms with E-state index in [2.05, 4.69) is 20.8 Å². The number of likely N-dealkylation sites (tertiary alicyclic amines) is 1. The Bertz CT molecular complexity index is 496. The number of allylic oxidation sites excluding steroid dienone is 1. The Morgan fingerprint density at radius 2 is 1.91 bits per heavy atom. The molecule has 1 N–H and O–H groups in total. The maximum Gasteiger partial charge on any atom is 0.407 e. The van der Waals surface area contributed by atoms with Crippen LogP contribution in [0.1, 0.15) is 53.4 Å². The van der Waals surface area contributed by atoms with Gasteiger partial charge in [0.15, 0.2) is 0 Å². The number of hydrogen-bond acceptors (Lipinski definition) is 3. The number of carboxylic acid groups (broad SMARTS) is 1. The molecule has 1 spiro atoms. The molecule has 1 atom stereocenters. The summed E-state index contributed by atoms with van der Waals surface area (Å²) in [6.07, 6.45) is 4.56. The monoisotopic (exact) mass is 323 g/mol. The third kappa shape index (κ3) is 3.70. The Kier molecular flexibility index (Phi) is 5.07. The molecule has 1 unspecified atom stereocenters. The molecule has 5 heteroatoms. The molecule has 0 bridgehead atoms. The van der Waals surface area contributed by atoms with Crippen LogP contribution in [-0.4, -0.2) is 41.8 Å². The van der Waals surface area contributed by atoms with Crippen LogP contribution in [0.5, 0.6) is 0 Å². The highest BCUT2D eigenvalue weighted by Gasteiger charge is 2.51. The molecule has 1 aliphatic heterocycles. The lowest BCUT2D eigenvalue weighted by Gasteiger charge is -2.47. The molecule has 0 aromatic heterocycles. The molecule has 1 aliphatic carbocycles. The van der Waals surface area contributed by atoms with E-state index in [0.717, 1.165) is 25.7 Å². The largest absolute Gasteiger partial charge is 0.465 e. The molecular weight excluding hydrogens is 294 g/mol. The van der Waals surface area contributed by atoms with Crippen LogP contribution < -0.4 is 0 Å². The minimum Gasteiger partial charge on any atom is -0.465 e. The van der Waals surface area contributed by atoms with Gasteiger partial charge in [-0.2, -0.15) is 0 Å². The number of carbonyl (C=O) groups is 2. The summed E-state index contributed by atoms with van der Waals surface area (Å²) >= 11 is 0. The number of rotatable bonds is 2. The quantitative estimate of drug-likeness (QED) is 0.621. The summed E-state index contributed by atoms with van der Waals surface area (Å²) < 4.78 is 5.09. The predicted molar refractivity (Wildman–Crippen MR) is 88.2 cm³/mol. The lowest BCUT2D eigenvalue weighted by atomic mass is 9.61. The number of amides is 1. The molecule has 2 fully saturated rings. The van der Waals surface area contributed by atoms with Gasteiger partial charge in [0.25, 0.3) is 0 Å². The van der Waals surface area contributed by atoms with Crippen molar-refractivity contribution in [2.75, 3.05) is 19.7 Å². The Morgan fingerprint density at radius 1 is 1.30 bits per heavy atom. The molecule has 0 radical (unpaired) electrons. The molecule has 23 heavy (non-hydrogen) atoms. The zero-order chi connectivity index (χ0) is 17.3. The van der Waals surface area contributed by atoms with Gasteiger partial charge in [-0.25, -0.2) is 9.59 Å². The molecule has 1 saturated heterocycles. The molecule has 2 aliphatic rings. The predicted octanol–water partition coefficient (Wildman–Crippen LogP) is 3.69. The van der Waals surface area contributed by atoms with Gasteiger partial charge in [-0.1, -0.05) is 26.3 Å². The van der Waals surface area contributed by atoms with Crippen molar-refractivity contribution < 1.29 is 19.4 Å². The van der Waals surface area contributed by atoms with Gasteiger partial charge in [0.2, 0.25) is 0 Å². The van der Waals surface area contributed by atoms with E-state index >= 15 is 0 Å². The highest BCUT2D eigenvalue weighted by molar-refractivity contribution is 5.83. The Labute approximate surface area is 138 Å². The molecule has 0 aromatic carbocycles. The summed E-state index contributed by atoms with van der Waals surface area (Å²) in [4.78, 5) is 24.6. The SMILES string of the molecule is CCOC(=O)/C=C1\CCC2(CCN(C(=O)O)CC2)C1C(C)(C)C. The molecule has 5 nitrogen and oxygen atoms in total. The fourth-order valence-electron chi connectivity index (χ4n) is 4.72. The van der Waals surface area contributed by atoms with Crippen molar-refractivity contribution in [3.8, 4) is 0 Å². The van der Waals surface area contributed by atoms with E-state index in [1.807, 2.05) is 6.92 Å². The summed E-state index contributed by atoms with van der Waals surface area (Å²) in [7, 11) is 0. The second kappa shape index (κ2) is 6.54. The second-order valence-electron chi connectivity index (χ2n) is 7.90. The van der Waals surface area contributed by atoms with E-state index in [1.54, 1.807) is 6.08 Å². The molecular formula is C18H29NO4. The van der Waals surface area contributed by atoms with Crippen molar-refractivity contribution in [1.29, 1.82) is 0 Å². The van der Waals surface area contributed by atoms with Crippen LogP contribution in [0.25, 0.3) is 0 Å². The first-order valence-electron chi connectivity index (χ1n) is 8.55. The van der Waals surface area contributed by atoms with Gasteiger partial charge < -0.3 is 14.7 Å². The lowest BCUT2D eigenvalue weighted by Crippen LogP contribution is -2.46. The van der Waals surface area contributed by atoms with Crippen molar-refractivity contribution in [3.63, 3.8) is 0 Å². The smallest absolute Gasteiger partial charge is 0.407 e. The maximum atomic E-state index is 11.9. The van der Waals surface area contributed by atoms with Crippen LogP contribution in [0.2, 0.25) is 0 Å². The highest BCUT2D eigenvalue weighted by atomic mass is 16.5. The van der Waals surface area contributed by atoms with Gasteiger partial charge in [-0.05, 0) is 49.4 Å². The number of carbonyl (C=O) groups excluding carboxylic acids is 1. The topological polar surface area (TPSA) is 66.8 Å². The molecule has 1 heterocycles. The molecule has 1 amide bonds. The van der Waals surface area contributed by atoms with Crippen molar-refractivity contribution >= 4 is 12.1 Å². The first-order chi connectivity index (χ1) is 10.7.